The molecule has 2 aromatic carbocycles. The van der Waals surface area contributed by atoms with Gasteiger partial charge in [0.15, 0.2) is 0 Å². The van der Waals surface area contributed by atoms with Crippen molar-refractivity contribution in [3.8, 4) is 5.75 Å². The number of nitrogens with zero attached hydrogens (tertiary/aromatic N) is 2. The summed E-state index contributed by atoms with van der Waals surface area (Å²) >= 11 is 6.33. The molecular formula is C26H36ClN3O5S. The lowest BCUT2D eigenvalue weighted by Crippen LogP contribution is -2.52. The number of hydrogen-bond acceptors (Lipinski definition) is 5. The number of sulfonamides is 1. The van der Waals surface area contributed by atoms with Gasteiger partial charge in [-0.15, -0.1) is 0 Å². The number of rotatable bonds is 11. The van der Waals surface area contributed by atoms with E-state index < -0.39 is 21.6 Å². The Bertz CT molecular complexity index is 1160. The van der Waals surface area contributed by atoms with E-state index in [-0.39, 0.29) is 37.7 Å². The van der Waals surface area contributed by atoms with Crippen LogP contribution in [0.5, 0.6) is 5.75 Å². The van der Waals surface area contributed by atoms with Gasteiger partial charge in [-0.25, -0.2) is 8.42 Å². The van der Waals surface area contributed by atoms with Crippen molar-refractivity contribution in [2.45, 2.75) is 58.7 Å². The van der Waals surface area contributed by atoms with Crippen LogP contribution < -0.4 is 14.4 Å². The van der Waals surface area contributed by atoms with E-state index in [1.807, 2.05) is 32.9 Å². The summed E-state index contributed by atoms with van der Waals surface area (Å²) in [5, 5.41) is 3.41. The molecule has 2 amide bonds. The molecule has 0 bridgehead atoms. The standard InChI is InChI=1S/C26H36ClN3O5S/c1-19(25(32)28-26(2,3)4)29(18-20-12-7-8-13-21(20)27)24(31)16-11-17-30(36(6,33)34)22-14-9-10-15-23(22)35-5/h7-10,12-15,19H,11,16-18H2,1-6H3,(H,28,32)/t19-/m0/s1. The quantitative estimate of drug-likeness (QED) is 0.463. The first-order valence-electron chi connectivity index (χ1n) is 11.7. The molecule has 0 aliphatic heterocycles. The Morgan fingerprint density at radius 2 is 1.69 bits per heavy atom. The number of carbonyl (C=O) groups excluding carboxylic acids is 2. The third-order valence-corrected chi connectivity index (χ3v) is 7.02. The maximum absolute atomic E-state index is 13.4. The highest BCUT2D eigenvalue weighted by atomic mass is 35.5. The second-order valence-corrected chi connectivity index (χ2v) is 12.0. The number of para-hydroxylation sites is 2. The summed E-state index contributed by atoms with van der Waals surface area (Å²) in [7, 11) is -2.15. The highest BCUT2D eigenvalue weighted by Gasteiger charge is 2.29. The van der Waals surface area contributed by atoms with Crippen LogP contribution in [0.15, 0.2) is 48.5 Å². The van der Waals surface area contributed by atoms with Gasteiger partial charge in [-0.2, -0.15) is 0 Å². The Labute approximate surface area is 219 Å². The van der Waals surface area contributed by atoms with E-state index >= 15 is 0 Å². The van der Waals surface area contributed by atoms with Gasteiger partial charge >= 0.3 is 0 Å². The Kier molecular flexibility index (Phi) is 10.2. The van der Waals surface area contributed by atoms with E-state index in [2.05, 4.69) is 5.32 Å². The highest BCUT2D eigenvalue weighted by Crippen LogP contribution is 2.30. The lowest BCUT2D eigenvalue weighted by atomic mass is 10.1. The molecule has 1 N–H and O–H groups in total. The molecule has 0 aliphatic carbocycles. The van der Waals surface area contributed by atoms with E-state index in [0.29, 0.717) is 16.5 Å². The Morgan fingerprint density at radius 1 is 1.08 bits per heavy atom. The van der Waals surface area contributed by atoms with Crippen molar-refractivity contribution in [3.63, 3.8) is 0 Å². The molecule has 8 nitrogen and oxygen atoms in total. The molecule has 0 fully saturated rings. The van der Waals surface area contributed by atoms with Gasteiger partial charge in [-0.1, -0.05) is 41.9 Å². The molecule has 0 spiro atoms. The van der Waals surface area contributed by atoms with Gasteiger partial charge in [0, 0.05) is 30.1 Å². The lowest BCUT2D eigenvalue weighted by Gasteiger charge is -2.32. The van der Waals surface area contributed by atoms with Crippen molar-refractivity contribution < 1.29 is 22.7 Å². The van der Waals surface area contributed by atoms with Crippen LogP contribution in [0.1, 0.15) is 46.1 Å². The van der Waals surface area contributed by atoms with Crippen molar-refractivity contribution in [2.24, 2.45) is 0 Å². The molecule has 0 radical (unpaired) electrons. The van der Waals surface area contributed by atoms with E-state index in [1.165, 1.54) is 16.3 Å². The second-order valence-electron chi connectivity index (χ2n) is 9.64. The molecule has 0 aromatic heterocycles. The molecule has 10 heteroatoms. The molecule has 36 heavy (non-hydrogen) atoms. The first-order valence-corrected chi connectivity index (χ1v) is 13.9. The number of amides is 2. The van der Waals surface area contributed by atoms with Gasteiger partial charge in [0.05, 0.1) is 19.1 Å². The maximum Gasteiger partial charge on any atom is 0.242 e. The molecule has 0 unspecified atom stereocenters. The summed E-state index contributed by atoms with van der Waals surface area (Å²) in [5.74, 6) is -0.142. The van der Waals surface area contributed by atoms with E-state index in [0.717, 1.165) is 11.8 Å². The van der Waals surface area contributed by atoms with Crippen LogP contribution >= 0.6 is 11.6 Å². The number of benzene rings is 2. The molecule has 2 rings (SSSR count). The van der Waals surface area contributed by atoms with E-state index in [4.69, 9.17) is 16.3 Å². The van der Waals surface area contributed by atoms with Crippen LogP contribution in [0, 0.1) is 0 Å². The fourth-order valence-corrected chi connectivity index (χ4v) is 4.85. The number of halogens is 1. The first-order chi connectivity index (χ1) is 16.7. The Morgan fingerprint density at radius 3 is 2.28 bits per heavy atom. The zero-order valence-electron chi connectivity index (χ0n) is 21.7. The van der Waals surface area contributed by atoms with Gasteiger partial charge < -0.3 is 15.0 Å². The summed E-state index contributed by atoms with van der Waals surface area (Å²) in [6, 6.07) is 13.2. The maximum atomic E-state index is 13.4. The molecule has 198 valence electrons. The largest absolute Gasteiger partial charge is 0.495 e. The van der Waals surface area contributed by atoms with Crippen LogP contribution in [0.25, 0.3) is 0 Å². The smallest absolute Gasteiger partial charge is 0.242 e. The molecule has 0 saturated carbocycles. The van der Waals surface area contributed by atoms with Crippen LogP contribution in [0.4, 0.5) is 5.69 Å². The monoisotopic (exact) mass is 537 g/mol. The van der Waals surface area contributed by atoms with Crippen molar-refractivity contribution in [2.75, 3.05) is 24.2 Å². The van der Waals surface area contributed by atoms with Gasteiger partial charge in [-0.05, 0) is 57.9 Å². The van der Waals surface area contributed by atoms with Crippen LogP contribution in [-0.4, -0.2) is 56.6 Å². The number of anilines is 1. The predicted octanol–water partition coefficient (Wildman–Crippen LogP) is 4.23. The lowest BCUT2D eigenvalue weighted by molar-refractivity contribution is -0.141. The molecular weight excluding hydrogens is 502 g/mol. The normalized spacial score (nSPS) is 12.5. The summed E-state index contributed by atoms with van der Waals surface area (Å²) in [6.07, 6.45) is 1.40. The Balaban J connectivity index is 2.23. The highest BCUT2D eigenvalue weighted by molar-refractivity contribution is 7.92. The average molecular weight is 538 g/mol. The van der Waals surface area contributed by atoms with Crippen molar-refractivity contribution in [1.29, 1.82) is 0 Å². The number of carbonyl (C=O) groups is 2. The fourth-order valence-electron chi connectivity index (χ4n) is 3.69. The average Bonchev–Trinajstić information content (AvgIpc) is 2.79. The minimum Gasteiger partial charge on any atom is -0.495 e. The number of nitrogens with one attached hydrogen (secondary N) is 1. The second kappa shape index (κ2) is 12.5. The van der Waals surface area contributed by atoms with Gasteiger partial charge in [0.1, 0.15) is 11.8 Å². The van der Waals surface area contributed by atoms with Gasteiger partial charge in [0.25, 0.3) is 0 Å². The van der Waals surface area contributed by atoms with Crippen LogP contribution in [0.3, 0.4) is 0 Å². The third kappa shape index (κ3) is 8.41. The van der Waals surface area contributed by atoms with Gasteiger partial charge in [0.2, 0.25) is 21.8 Å². The molecule has 0 heterocycles. The number of methoxy groups -OCH3 is 1. The van der Waals surface area contributed by atoms with Gasteiger partial charge in [-0.3, -0.25) is 13.9 Å². The van der Waals surface area contributed by atoms with Crippen LogP contribution in [-0.2, 0) is 26.2 Å². The summed E-state index contributed by atoms with van der Waals surface area (Å²) in [4.78, 5) is 27.8. The SMILES string of the molecule is COc1ccccc1N(CCCC(=O)N(Cc1ccccc1Cl)[C@@H](C)C(=O)NC(C)(C)C)S(C)(=O)=O. The molecule has 1 atom stereocenters. The van der Waals surface area contributed by atoms with Crippen LogP contribution in [0.2, 0.25) is 5.02 Å². The summed E-state index contributed by atoms with van der Waals surface area (Å²) in [6.45, 7) is 7.51. The molecule has 0 aliphatic rings. The van der Waals surface area contributed by atoms with Crippen molar-refractivity contribution in [3.05, 3.63) is 59.1 Å². The third-order valence-electron chi connectivity index (χ3n) is 5.47. The fraction of sp³-hybridized carbons (Fsp3) is 0.462. The predicted molar refractivity (Wildman–Crippen MR) is 144 cm³/mol. The molecule has 2 aromatic rings. The van der Waals surface area contributed by atoms with Crippen molar-refractivity contribution in [1.82, 2.24) is 10.2 Å². The van der Waals surface area contributed by atoms with E-state index in [1.54, 1.807) is 43.3 Å². The minimum absolute atomic E-state index is 0.0404. The topological polar surface area (TPSA) is 96.0 Å². The number of hydrogen-bond donors (Lipinski definition) is 1. The molecule has 0 saturated heterocycles. The summed E-state index contributed by atoms with van der Waals surface area (Å²) < 4.78 is 31.6. The first kappa shape index (κ1) is 29.5. The number of ether oxygens (including phenoxy) is 1. The van der Waals surface area contributed by atoms with Crippen molar-refractivity contribution >= 4 is 39.1 Å². The summed E-state index contributed by atoms with van der Waals surface area (Å²) in [5.41, 5.74) is 0.658. The minimum atomic E-state index is -3.63. The Hall–Kier alpha value is -2.78. The van der Waals surface area contributed by atoms with E-state index in [9.17, 15) is 18.0 Å². The zero-order valence-corrected chi connectivity index (χ0v) is 23.3. The zero-order chi connectivity index (χ0) is 27.1.